The third-order valence-electron chi connectivity index (χ3n) is 5.99. The number of ketones is 1. The molecule has 29 heavy (non-hydrogen) atoms. The number of nitrogens with one attached hydrogen (secondary N) is 1. The Hall–Kier alpha value is -2.60. The quantitative estimate of drug-likeness (QED) is 0.828. The predicted octanol–water partition coefficient (Wildman–Crippen LogP) is 3.63. The first-order valence-electron chi connectivity index (χ1n) is 10.3. The summed E-state index contributed by atoms with van der Waals surface area (Å²) < 4.78 is 7.54. The van der Waals surface area contributed by atoms with Gasteiger partial charge in [0.1, 0.15) is 0 Å². The molecule has 154 valence electrons. The number of nitrogens with two attached hydrogens (primary N) is 1. The summed E-state index contributed by atoms with van der Waals surface area (Å²) in [5.74, 6) is -0.241. The second-order valence-corrected chi connectivity index (χ2v) is 9.07. The van der Waals surface area contributed by atoms with Crippen LogP contribution in [0.1, 0.15) is 65.1 Å². The molecule has 1 aromatic heterocycles. The van der Waals surface area contributed by atoms with Crippen LogP contribution in [0.2, 0.25) is 0 Å². The lowest BCUT2D eigenvalue weighted by atomic mass is 9.75. The number of benzene rings is 1. The van der Waals surface area contributed by atoms with Gasteiger partial charge in [0, 0.05) is 54.5 Å². The molecule has 0 radical (unpaired) electrons. The number of aromatic nitrogens is 1. The van der Waals surface area contributed by atoms with Crippen LogP contribution in [0, 0.1) is 12.3 Å². The summed E-state index contributed by atoms with van der Waals surface area (Å²) in [7, 11) is 0. The van der Waals surface area contributed by atoms with Crippen LogP contribution in [0.25, 0.3) is 5.69 Å². The molecule has 1 fully saturated rings. The highest BCUT2D eigenvalue weighted by Crippen LogP contribution is 2.38. The van der Waals surface area contributed by atoms with Crippen LogP contribution in [0.15, 0.2) is 24.4 Å². The monoisotopic (exact) mass is 395 g/mol. The highest BCUT2D eigenvalue weighted by atomic mass is 16.5. The number of hydrogen-bond acceptors (Lipinski definition) is 4. The minimum Gasteiger partial charge on any atom is -0.381 e. The molecule has 2 aliphatic rings. The van der Waals surface area contributed by atoms with Gasteiger partial charge in [-0.15, -0.1) is 0 Å². The smallest absolute Gasteiger partial charge is 0.250 e. The molecule has 0 saturated carbocycles. The van der Waals surface area contributed by atoms with E-state index >= 15 is 0 Å². The molecule has 0 bridgehead atoms. The molecule has 0 spiro atoms. The van der Waals surface area contributed by atoms with E-state index in [0.29, 0.717) is 25.2 Å². The zero-order chi connectivity index (χ0) is 20.8. The second kappa shape index (κ2) is 7.34. The Morgan fingerprint density at radius 3 is 2.66 bits per heavy atom. The molecule has 1 aromatic carbocycles. The number of carbonyl (C=O) groups excluding carboxylic acids is 2. The largest absolute Gasteiger partial charge is 0.381 e. The number of fused-ring (bicyclic) bond motifs is 1. The van der Waals surface area contributed by atoms with Crippen LogP contribution in [-0.2, 0) is 11.2 Å². The molecular weight excluding hydrogens is 366 g/mol. The Morgan fingerprint density at radius 1 is 1.24 bits per heavy atom. The molecular formula is C23H29N3O3. The minimum atomic E-state index is -0.451. The fourth-order valence-electron chi connectivity index (χ4n) is 4.59. The SMILES string of the molecule is Cc1cn(-c2ccc(C(N)=O)c(NC3CCOCC3)c2)c2c1C(=O)CC(C)(C)C2. The lowest BCUT2D eigenvalue weighted by molar-refractivity contribution is 0.0902. The van der Waals surface area contributed by atoms with Crippen LogP contribution in [-0.4, -0.2) is 35.5 Å². The number of amides is 1. The lowest BCUT2D eigenvalue weighted by Gasteiger charge is -2.30. The van der Waals surface area contributed by atoms with E-state index < -0.39 is 5.91 Å². The van der Waals surface area contributed by atoms with Gasteiger partial charge in [-0.25, -0.2) is 0 Å². The van der Waals surface area contributed by atoms with E-state index in [9.17, 15) is 9.59 Å². The van der Waals surface area contributed by atoms with Crippen molar-refractivity contribution >= 4 is 17.4 Å². The summed E-state index contributed by atoms with van der Waals surface area (Å²) in [5.41, 5.74) is 10.6. The van der Waals surface area contributed by atoms with Crippen molar-refractivity contribution in [1.82, 2.24) is 4.57 Å². The maximum atomic E-state index is 12.7. The van der Waals surface area contributed by atoms with Gasteiger partial charge in [0.05, 0.1) is 5.56 Å². The fourth-order valence-corrected chi connectivity index (χ4v) is 4.59. The van der Waals surface area contributed by atoms with Crippen LogP contribution >= 0.6 is 0 Å². The first-order chi connectivity index (χ1) is 13.7. The highest BCUT2D eigenvalue weighted by Gasteiger charge is 2.34. The van der Waals surface area contributed by atoms with Crippen molar-refractivity contribution in [2.24, 2.45) is 11.1 Å². The summed E-state index contributed by atoms with van der Waals surface area (Å²) in [4.78, 5) is 24.7. The van der Waals surface area contributed by atoms with E-state index in [1.54, 1.807) is 6.07 Å². The zero-order valence-corrected chi connectivity index (χ0v) is 17.4. The molecule has 3 N–H and O–H groups in total. The third kappa shape index (κ3) is 3.81. The van der Waals surface area contributed by atoms with Gasteiger partial charge < -0.3 is 20.4 Å². The molecule has 1 saturated heterocycles. The van der Waals surface area contributed by atoms with Crippen LogP contribution in [0.3, 0.4) is 0 Å². The van der Waals surface area contributed by atoms with E-state index in [1.807, 2.05) is 25.3 Å². The number of ether oxygens (including phenoxy) is 1. The lowest BCUT2D eigenvalue weighted by Crippen LogP contribution is -2.29. The number of primary amides is 1. The summed E-state index contributed by atoms with van der Waals surface area (Å²) >= 11 is 0. The Balaban J connectivity index is 1.76. The average Bonchev–Trinajstić information content (AvgIpc) is 2.97. The standard InChI is InChI=1S/C23H29N3O3/c1-14-13-26(19-11-23(2,3)12-20(27)21(14)19)16-4-5-17(22(24)28)18(10-16)25-15-6-8-29-9-7-15/h4-5,10,13,15,25H,6-9,11-12H2,1-3H3,(H2,24,28). The van der Waals surface area contributed by atoms with Crippen molar-refractivity contribution in [3.05, 3.63) is 46.8 Å². The number of hydrogen-bond donors (Lipinski definition) is 2. The van der Waals surface area contributed by atoms with Gasteiger partial charge in [0.2, 0.25) is 0 Å². The summed E-state index contributed by atoms with van der Waals surface area (Å²) in [6.07, 6.45) is 5.22. The molecule has 1 aliphatic heterocycles. The van der Waals surface area contributed by atoms with Crippen molar-refractivity contribution in [3.63, 3.8) is 0 Å². The summed E-state index contributed by atoms with van der Waals surface area (Å²) in [5, 5.41) is 3.49. The number of Topliss-reactive ketones (excluding diaryl/α,β-unsaturated/α-hetero) is 1. The number of carbonyl (C=O) groups is 2. The van der Waals surface area contributed by atoms with Gasteiger partial charge in [-0.2, -0.15) is 0 Å². The van der Waals surface area contributed by atoms with E-state index in [2.05, 4.69) is 23.7 Å². The van der Waals surface area contributed by atoms with Gasteiger partial charge in [0.25, 0.3) is 5.91 Å². The number of anilines is 1. The highest BCUT2D eigenvalue weighted by molar-refractivity contribution is 6.01. The van der Waals surface area contributed by atoms with Crippen molar-refractivity contribution in [2.75, 3.05) is 18.5 Å². The first kappa shape index (κ1) is 19.7. The molecule has 0 unspecified atom stereocenters. The maximum Gasteiger partial charge on any atom is 0.250 e. The third-order valence-corrected chi connectivity index (χ3v) is 5.99. The normalized spacial score (nSPS) is 19.1. The van der Waals surface area contributed by atoms with Crippen LogP contribution < -0.4 is 11.1 Å². The van der Waals surface area contributed by atoms with Gasteiger partial charge >= 0.3 is 0 Å². The molecule has 2 heterocycles. The van der Waals surface area contributed by atoms with Gasteiger partial charge in [-0.05, 0) is 55.4 Å². The fraction of sp³-hybridized carbons (Fsp3) is 0.478. The van der Waals surface area contributed by atoms with E-state index in [4.69, 9.17) is 10.5 Å². The predicted molar refractivity (Wildman–Crippen MR) is 113 cm³/mol. The topological polar surface area (TPSA) is 86.3 Å². The van der Waals surface area contributed by atoms with Crippen LogP contribution in [0.5, 0.6) is 0 Å². The van der Waals surface area contributed by atoms with E-state index in [0.717, 1.165) is 47.5 Å². The van der Waals surface area contributed by atoms with Crippen molar-refractivity contribution < 1.29 is 14.3 Å². The molecule has 1 amide bonds. The number of nitrogens with zero attached hydrogens (tertiary/aromatic N) is 1. The van der Waals surface area contributed by atoms with E-state index in [-0.39, 0.29) is 17.2 Å². The van der Waals surface area contributed by atoms with E-state index in [1.165, 1.54) is 0 Å². The first-order valence-corrected chi connectivity index (χ1v) is 10.3. The zero-order valence-electron chi connectivity index (χ0n) is 17.4. The Labute approximate surface area is 171 Å². The molecule has 0 atom stereocenters. The Bertz CT molecular complexity index is 968. The van der Waals surface area contributed by atoms with Crippen LogP contribution in [0.4, 0.5) is 5.69 Å². The van der Waals surface area contributed by atoms with Gasteiger partial charge in [0.15, 0.2) is 5.78 Å². The summed E-state index contributed by atoms with van der Waals surface area (Å²) in [6, 6.07) is 5.90. The molecule has 6 heteroatoms. The van der Waals surface area contributed by atoms with Crippen molar-refractivity contribution in [1.29, 1.82) is 0 Å². The minimum absolute atomic E-state index is 0.0665. The molecule has 1 aliphatic carbocycles. The second-order valence-electron chi connectivity index (χ2n) is 9.07. The average molecular weight is 396 g/mol. The number of rotatable bonds is 4. The molecule has 4 rings (SSSR count). The van der Waals surface area contributed by atoms with Gasteiger partial charge in [-0.3, -0.25) is 9.59 Å². The van der Waals surface area contributed by atoms with Crippen molar-refractivity contribution in [3.8, 4) is 5.69 Å². The maximum absolute atomic E-state index is 12.7. The Morgan fingerprint density at radius 2 is 1.97 bits per heavy atom. The molecule has 2 aromatic rings. The van der Waals surface area contributed by atoms with Crippen molar-refractivity contribution in [2.45, 2.75) is 52.5 Å². The Kier molecular flexibility index (Phi) is 4.99. The summed E-state index contributed by atoms with van der Waals surface area (Å²) in [6.45, 7) is 7.68. The molecule has 6 nitrogen and oxygen atoms in total. The van der Waals surface area contributed by atoms with Gasteiger partial charge in [-0.1, -0.05) is 13.8 Å². The number of aryl methyl sites for hydroxylation is 1.